The highest BCUT2D eigenvalue weighted by molar-refractivity contribution is 9.10. The molecule has 1 heterocycles. The van der Waals surface area contributed by atoms with Gasteiger partial charge in [0.05, 0.1) is 6.54 Å². The molecular weight excluding hydrogens is 398 g/mol. The van der Waals surface area contributed by atoms with Crippen LogP contribution >= 0.6 is 15.9 Å². The minimum absolute atomic E-state index is 0.103. The molecule has 7 heteroatoms. The molecular formula is C19H18BrN3O3. The molecule has 0 unspecified atom stereocenters. The van der Waals surface area contributed by atoms with Crippen molar-refractivity contribution in [2.45, 2.75) is 12.8 Å². The fourth-order valence-corrected chi connectivity index (χ4v) is 3.15. The molecule has 0 spiro atoms. The SMILES string of the molecule is O=C(CNC(=O)c1ccc(N2CCCC2=O)cc1)Nc1cccc(Br)c1. The van der Waals surface area contributed by atoms with Crippen molar-refractivity contribution in [3.8, 4) is 0 Å². The molecule has 1 aliphatic rings. The van der Waals surface area contributed by atoms with Crippen LogP contribution in [0.3, 0.4) is 0 Å². The van der Waals surface area contributed by atoms with Crippen molar-refractivity contribution in [1.82, 2.24) is 5.32 Å². The van der Waals surface area contributed by atoms with E-state index in [4.69, 9.17) is 0 Å². The van der Waals surface area contributed by atoms with Crippen LogP contribution in [0.4, 0.5) is 11.4 Å². The fourth-order valence-electron chi connectivity index (χ4n) is 2.75. The number of rotatable bonds is 5. The topological polar surface area (TPSA) is 78.5 Å². The van der Waals surface area contributed by atoms with E-state index in [1.165, 1.54) is 0 Å². The summed E-state index contributed by atoms with van der Waals surface area (Å²) < 4.78 is 0.857. The predicted octanol–water partition coefficient (Wildman–Crippen LogP) is 2.94. The number of amides is 3. The summed E-state index contributed by atoms with van der Waals surface area (Å²) in [5.74, 6) is -0.546. The van der Waals surface area contributed by atoms with Crippen LogP contribution in [0.5, 0.6) is 0 Å². The summed E-state index contributed by atoms with van der Waals surface area (Å²) in [6, 6.07) is 14.0. The number of halogens is 1. The maximum Gasteiger partial charge on any atom is 0.251 e. The highest BCUT2D eigenvalue weighted by atomic mass is 79.9. The van der Waals surface area contributed by atoms with Crippen molar-refractivity contribution in [1.29, 1.82) is 0 Å². The molecule has 0 aliphatic carbocycles. The van der Waals surface area contributed by atoms with E-state index in [0.29, 0.717) is 24.2 Å². The van der Waals surface area contributed by atoms with Crippen molar-refractivity contribution in [3.05, 3.63) is 58.6 Å². The van der Waals surface area contributed by atoms with E-state index in [1.807, 2.05) is 12.1 Å². The summed E-state index contributed by atoms with van der Waals surface area (Å²) in [5, 5.41) is 5.30. The van der Waals surface area contributed by atoms with Crippen LogP contribution < -0.4 is 15.5 Å². The molecule has 2 aromatic carbocycles. The van der Waals surface area contributed by atoms with E-state index >= 15 is 0 Å². The second-order valence-electron chi connectivity index (χ2n) is 5.94. The van der Waals surface area contributed by atoms with Crippen molar-refractivity contribution in [3.63, 3.8) is 0 Å². The summed E-state index contributed by atoms with van der Waals surface area (Å²) in [5.41, 5.74) is 1.88. The average Bonchev–Trinajstić information content (AvgIpc) is 3.06. The Hall–Kier alpha value is -2.67. The van der Waals surface area contributed by atoms with Gasteiger partial charge in [0.2, 0.25) is 11.8 Å². The highest BCUT2D eigenvalue weighted by Crippen LogP contribution is 2.21. The van der Waals surface area contributed by atoms with E-state index < -0.39 is 0 Å². The molecule has 3 rings (SSSR count). The Morgan fingerprint density at radius 2 is 1.88 bits per heavy atom. The van der Waals surface area contributed by atoms with Crippen LogP contribution in [0, 0.1) is 0 Å². The van der Waals surface area contributed by atoms with Crippen LogP contribution in [0.15, 0.2) is 53.0 Å². The van der Waals surface area contributed by atoms with Gasteiger partial charge in [0.25, 0.3) is 5.91 Å². The standard InChI is InChI=1S/C19H18BrN3O3/c20-14-3-1-4-15(11-14)22-17(24)12-21-19(26)13-6-8-16(9-7-13)23-10-2-5-18(23)25/h1,3-4,6-9,11H,2,5,10,12H2,(H,21,26)(H,22,24). The first-order valence-electron chi connectivity index (χ1n) is 8.27. The Morgan fingerprint density at radius 1 is 1.12 bits per heavy atom. The number of hydrogen-bond acceptors (Lipinski definition) is 3. The van der Waals surface area contributed by atoms with E-state index in [9.17, 15) is 14.4 Å². The van der Waals surface area contributed by atoms with E-state index in [1.54, 1.807) is 41.3 Å². The lowest BCUT2D eigenvalue weighted by molar-refractivity contribution is -0.117. The van der Waals surface area contributed by atoms with E-state index in [2.05, 4.69) is 26.6 Å². The largest absolute Gasteiger partial charge is 0.343 e. The first kappa shape index (κ1) is 18.1. The maximum atomic E-state index is 12.2. The van der Waals surface area contributed by atoms with Gasteiger partial charge in [-0.05, 0) is 48.9 Å². The van der Waals surface area contributed by atoms with Gasteiger partial charge in [0.15, 0.2) is 0 Å². The molecule has 6 nitrogen and oxygen atoms in total. The van der Waals surface area contributed by atoms with Gasteiger partial charge in [-0.25, -0.2) is 0 Å². The number of carbonyl (C=O) groups is 3. The van der Waals surface area contributed by atoms with Gasteiger partial charge in [0.1, 0.15) is 0 Å². The van der Waals surface area contributed by atoms with Gasteiger partial charge in [-0.1, -0.05) is 22.0 Å². The summed E-state index contributed by atoms with van der Waals surface area (Å²) in [7, 11) is 0. The van der Waals surface area contributed by atoms with Gasteiger partial charge < -0.3 is 15.5 Å². The molecule has 1 saturated heterocycles. The number of benzene rings is 2. The third-order valence-corrected chi connectivity index (χ3v) is 4.53. The molecule has 0 radical (unpaired) electrons. The molecule has 3 amide bonds. The Balaban J connectivity index is 1.53. The molecule has 2 N–H and O–H groups in total. The highest BCUT2D eigenvalue weighted by Gasteiger charge is 2.21. The van der Waals surface area contributed by atoms with Gasteiger partial charge >= 0.3 is 0 Å². The summed E-state index contributed by atoms with van der Waals surface area (Å²) in [6.45, 7) is 0.581. The molecule has 1 aliphatic heterocycles. The molecule has 0 bridgehead atoms. The summed E-state index contributed by atoms with van der Waals surface area (Å²) >= 11 is 3.33. The van der Waals surface area contributed by atoms with E-state index in [0.717, 1.165) is 16.6 Å². The molecule has 0 atom stereocenters. The van der Waals surface area contributed by atoms with Crippen molar-refractivity contribution >= 4 is 45.0 Å². The zero-order valence-electron chi connectivity index (χ0n) is 14.0. The molecule has 2 aromatic rings. The molecule has 26 heavy (non-hydrogen) atoms. The first-order chi connectivity index (χ1) is 12.5. The Morgan fingerprint density at radius 3 is 2.54 bits per heavy atom. The van der Waals surface area contributed by atoms with Gasteiger partial charge in [-0.15, -0.1) is 0 Å². The summed E-state index contributed by atoms with van der Waals surface area (Å²) in [4.78, 5) is 37.6. The normalized spacial score (nSPS) is 13.6. The van der Waals surface area contributed by atoms with Gasteiger partial charge in [-0.3, -0.25) is 14.4 Å². The number of nitrogens with one attached hydrogen (secondary N) is 2. The lowest BCUT2D eigenvalue weighted by Crippen LogP contribution is -2.32. The second kappa shape index (κ2) is 8.14. The predicted molar refractivity (Wildman–Crippen MR) is 103 cm³/mol. The summed E-state index contributed by atoms with van der Waals surface area (Å²) in [6.07, 6.45) is 1.42. The van der Waals surface area contributed by atoms with Gasteiger partial charge in [0, 0.05) is 34.4 Å². The molecule has 0 saturated carbocycles. The zero-order valence-corrected chi connectivity index (χ0v) is 15.6. The van der Waals surface area contributed by atoms with Gasteiger partial charge in [-0.2, -0.15) is 0 Å². The van der Waals surface area contributed by atoms with Crippen molar-refractivity contribution in [2.75, 3.05) is 23.3 Å². The monoisotopic (exact) mass is 415 g/mol. The number of carbonyl (C=O) groups excluding carboxylic acids is 3. The Kier molecular flexibility index (Phi) is 5.68. The Bertz CT molecular complexity index is 836. The smallest absolute Gasteiger partial charge is 0.251 e. The molecule has 1 fully saturated rings. The second-order valence-corrected chi connectivity index (χ2v) is 6.85. The number of hydrogen-bond donors (Lipinski definition) is 2. The van der Waals surface area contributed by atoms with Crippen LogP contribution in [-0.2, 0) is 9.59 Å². The molecule has 0 aromatic heterocycles. The number of nitrogens with zero attached hydrogens (tertiary/aromatic N) is 1. The minimum atomic E-state index is -0.339. The van der Waals surface area contributed by atoms with Crippen molar-refractivity contribution < 1.29 is 14.4 Å². The lowest BCUT2D eigenvalue weighted by Gasteiger charge is -2.15. The fraction of sp³-hybridized carbons (Fsp3) is 0.211. The average molecular weight is 416 g/mol. The van der Waals surface area contributed by atoms with E-state index in [-0.39, 0.29) is 24.3 Å². The Labute approximate surface area is 159 Å². The third-order valence-electron chi connectivity index (χ3n) is 4.03. The third kappa shape index (κ3) is 4.49. The van der Waals surface area contributed by atoms with Crippen LogP contribution in [0.2, 0.25) is 0 Å². The quantitative estimate of drug-likeness (QED) is 0.787. The zero-order chi connectivity index (χ0) is 18.5. The minimum Gasteiger partial charge on any atom is -0.343 e. The van der Waals surface area contributed by atoms with Crippen LogP contribution in [-0.4, -0.2) is 30.8 Å². The lowest BCUT2D eigenvalue weighted by atomic mass is 10.2. The van der Waals surface area contributed by atoms with Crippen LogP contribution in [0.25, 0.3) is 0 Å². The maximum absolute atomic E-state index is 12.2. The molecule has 134 valence electrons. The first-order valence-corrected chi connectivity index (χ1v) is 9.06. The van der Waals surface area contributed by atoms with Crippen molar-refractivity contribution in [2.24, 2.45) is 0 Å². The number of anilines is 2. The van der Waals surface area contributed by atoms with Crippen LogP contribution in [0.1, 0.15) is 23.2 Å².